The lowest BCUT2D eigenvalue weighted by Crippen LogP contribution is -2.29. The number of benzene rings is 1. The second kappa shape index (κ2) is 6.96. The number of hydrogen-bond donors (Lipinski definition) is 1. The Morgan fingerprint density at radius 1 is 1.20 bits per heavy atom. The standard InChI is InChI=1S/C18H23N5O2/c1-4-5-11-23-14-15(22(3)18(25)20-16(14)24)19-17(23)21(2)12-13-9-7-6-8-10-13/h6-10H,4-5,11-12H2,1-3H3,(H,20,24,25). The molecule has 0 aliphatic rings. The molecule has 0 spiro atoms. The van der Waals surface area contributed by atoms with Gasteiger partial charge in [-0.1, -0.05) is 43.7 Å². The zero-order valence-electron chi connectivity index (χ0n) is 14.8. The topological polar surface area (TPSA) is 75.9 Å². The average Bonchev–Trinajstić information content (AvgIpc) is 2.99. The first-order chi connectivity index (χ1) is 12.0. The molecule has 0 radical (unpaired) electrons. The van der Waals surface area contributed by atoms with E-state index < -0.39 is 5.69 Å². The fraction of sp³-hybridized carbons (Fsp3) is 0.389. The summed E-state index contributed by atoms with van der Waals surface area (Å²) in [6.45, 7) is 3.46. The summed E-state index contributed by atoms with van der Waals surface area (Å²) < 4.78 is 3.30. The maximum atomic E-state index is 12.4. The molecule has 0 aliphatic heterocycles. The van der Waals surface area contributed by atoms with E-state index in [0.717, 1.165) is 18.4 Å². The van der Waals surface area contributed by atoms with Gasteiger partial charge in [0.2, 0.25) is 5.95 Å². The zero-order chi connectivity index (χ0) is 18.0. The summed E-state index contributed by atoms with van der Waals surface area (Å²) in [7, 11) is 3.57. The molecule has 1 N–H and O–H groups in total. The van der Waals surface area contributed by atoms with Crippen molar-refractivity contribution in [3.63, 3.8) is 0 Å². The molecule has 3 aromatic rings. The molecular weight excluding hydrogens is 318 g/mol. The number of rotatable bonds is 6. The van der Waals surface area contributed by atoms with Crippen LogP contribution in [-0.2, 0) is 20.1 Å². The highest BCUT2D eigenvalue weighted by Crippen LogP contribution is 2.20. The molecule has 7 nitrogen and oxygen atoms in total. The number of fused-ring (bicyclic) bond motifs is 1. The zero-order valence-corrected chi connectivity index (χ0v) is 14.8. The Labute approximate surface area is 145 Å². The minimum atomic E-state index is -0.449. The van der Waals surface area contributed by atoms with E-state index in [1.165, 1.54) is 4.57 Å². The molecule has 0 atom stereocenters. The van der Waals surface area contributed by atoms with Crippen molar-refractivity contribution < 1.29 is 0 Å². The predicted octanol–water partition coefficient (Wildman–Crippen LogP) is 1.86. The van der Waals surface area contributed by atoms with Gasteiger partial charge in [-0.05, 0) is 12.0 Å². The van der Waals surface area contributed by atoms with Gasteiger partial charge in [-0.2, -0.15) is 4.98 Å². The minimum Gasteiger partial charge on any atom is -0.341 e. The SMILES string of the molecule is CCCCn1c(N(C)Cc2ccccc2)nc2c1c(=O)[nH]c(=O)n2C. The third-order valence-corrected chi connectivity index (χ3v) is 4.33. The minimum absolute atomic E-state index is 0.388. The molecule has 0 amide bonds. The van der Waals surface area contributed by atoms with E-state index in [0.29, 0.717) is 30.2 Å². The number of nitrogens with one attached hydrogen (secondary N) is 1. The van der Waals surface area contributed by atoms with Crippen LogP contribution in [0, 0.1) is 0 Å². The van der Waals surface area contributed by atoms with Crippen LogP contribution in [0.3, 0.4) is 0 Å². The van der Waals surface area contributed by atoms with Gasteiger partial charge < -0.3 is 9.47 Å². The van der Waals surface area contributed by atoms with Crippen LogP contribution < -0.4 is 16.1 Å². The van der Waals surface area contributed by atoms with Crippen LogP contribution in [0.5, 0.6) is 0 Å². The van der Waals surface area contributed by atoms with Gasteiger partial charge in [-0.25, -0.2) is 4.79 Å². The fourth-order valence-corrected chi connectivity index (χ4v) is 2.97. The number of aromatic amines is 1. The van der Waals surface area contributed by atoms with Crippen molar-refractivity contribution >= 4 is 17.1 Å². The summed E-state index contributed by atoms with van der Waals surface area (Å²) in [5, 5.41) is 0. The van der Waals surface area contributed by atoms with E-state index in [-0.39, 0.29) is 5.56 Å². The first kappa shape index (κ1) is 17.0. The molecule has 1 aromatic carbocycles. The Bertz CT molecular complexity index is 984. The van der Waals surface area contributed by atoms with Crippen molar-refractivity contribution in [2.24, 2.45) is 7.05 Å². The summed E-state index contributed by atoms with van der Waals surface area (Å²) in [5.41, 5.74) is 1.18. The monoisotopic (exact) mass is 341 g/mol. The number of aromatic nitrogens is 4. The molecule has 2 aromatic heterocycles. The van der Waals surface area contributed by atoms with Crippen molar-refractivity contribution in [3.8, 4) is 0 Å². The first-order valence-corrected chi connectivity index (χ1v) is 8.47. The van der Waals surface area contributed by atoms with Crippen LogP contribution in [0.1, 0.15) is 25.3 Å². The third-order valence-electron chi connectivity index (χ3n) is 4.33. The normalized spacial score (nSPS) is 11.2. The fourth-order valence-electron chi connectivity index (χ4n) is 2.97. The second-order valence-electron chi connectivity index (χ2n) is 6.25. The van der Waals surface area contributed by atoms with Crippen LogP contribution in [-0.4, -0.2) is 26.1 Å². The van der Waals surface area contributed by atoms with Gasteiger partial charge in [0.25, 0.3) is 5.56 Å². The van der Waals surface area contributed by atoms with Gasteiger partial charge >= 0.3 is 5.69 Å². The molecule has 0 aliphatic carbocycles. The van der Waals surface area contributed by atoms with E-state index in [1.807, 2.05) is 34.7 Å². The van der Waals surface area contributed by atoms with Gasteiger partial charge in [-0.15, -0.1) is 0 Å². The van der Waals surface area contributed by atoms with Crippen LogP contribution in [0.15, 0.2) is 39.9 Å². The molecular formula is C18H23N5O2. The third kappa shape index (κ3) is 3.22. The molecule has 3 rings (SSSR count). The van der Waals surface area contributed by atoms with Crippen molar-refractivity contribution in [3.05, 3.63) is 56.7 Å². The van der Waals surface area contributed by atoms with Gasteiger partial charge in [0.1, 0.15) is 0 Å². The van der Waals surface area contributed by atoms with Crippen molar-refractivity contribution in [2.75, 3.05) is 11.9 Å². The molecule has 2 heterocycles. The highest BCUT2D eigenvalue weighted by Gasteiger charge is 2.19. The summed E-state index contributed by atoms with van der Waals surface area (Å²) >= 11 is 0. The maximum Gasteiger partial charge on any atom is 0.329 e. The van der Waals surface area contributed by atoms with Crippen LogP contribution in [0.2, 0.25) is 0 Å². The molecule has 0 saturated carbocycles. The van der Waals surface area contributed by atoms with E-state index in [9.17, 15) is 9.59 Å². The summed E-state index contributed by atoms with van der Waals surface area (Å²) in [6.07, 6.45) is 1.94. The smallest absolute Gasteiger partial charge is 0.329 e. The number of hydrogen-bond acceptors (Lipinski definition) is 4. The Morgan fingerprint density at radius 3 is 2.60 bits per heavy atom. The number of imidazole rings is 1. The summed E-state index contributed by atoms with van der Waals surface area (Å²) in [5.74, 6) is 0.694. The van der Waals surface area contributed by atoms with E-state index in [4.69, 9.17) is 0 Å². The quantitative estimate of drug-likeness (QED) is 0.742. The second-order valence-corrected chi connectivity index (χ2v) is 6.25. The number of H-pyrrole nitrogens is 1. The van der Waals surface area contributed by atoms with E-state index in [1.54, 1.807) is 7.05 Å². The molecule has 132 valence electrons. The predicted molar refractivity (Wildman–Crippen MR) is 99.1 cm³/mol. The van der Waals surface area contributed by atoms with Gasteiger partial charge in [0.05, 0.1) is 0 Å². The van der Waals surface area contributed by atoms with Crippen LogP contribution in [0.25, 0.3) is 11.2 Å². The maximum absolute atomic E-state index is 12.4. The van der Waals surface area contributed by atoms with Crippen molar-refractivity contribution in [1.82, 2.24) is 19.1 Å². The van der Waals surface area contributed by atoms with Gasteiger partial charge in [0, 0.05) is 27.2 Å². The lowest BCUT2D eigenvalue weighted by atomic mass is 10.2. The summed E-state index contributed by atoms with van der Waals surface area (Å²) in [6, 6.07) is 10.1. The number of anilines is 1. The van der Waals surface area contributed by atoms with Crippen molar-refractivity contribution in [2.45, 2.75) is 32.9 Å². The number of aryl methyl sites for hydroxylation is 2. The largest absolute Gasteiger partial charge is 0.341 e. The Morgan fingerprint density at radius 2 is 1.92 bits per heavy atom. The molecule has 25 heavy (non-hydrogen) atoms. The van der Waals surface area contributed by atoms with Crippen LogP contribution in [0.4, 0.5) is 5.95 Å². The Hall–Kier alpha value is -2.83. The van der Waals surface area contributed by atoms with Crippen LogP contribution >= 0.6 is 0 Å². The Balaban J connectivity index is 2.12. The highest BCUT2D eigenvalue weighted by molar-refractivity contribution is 5.74. The average molecular weight is 341 g/mol. The molecule has 0 saturated heterocycles. The van der Waals surface area contributed by atoms with Gasteiger partial charge in [-0.3, -0.25) is 14.3 Å². The molecule has 0 fully saturated rings. The molecule has 7 heteroatoms. The lowest BCUT2D eigenvalue weighted by Gasteiger charge is -2.19. The Kier molecular flexibility index (Phi) is 4.74. The first-order valence-electron chi connectivity index (χ1n) is 8.47. The van der Waals surface area contributed by atoms with Gasteiger partial charge in [0.15, 0.2) is 11.2 Å². The number of nitrogens with zero attached hydrogens (tertiary/aromatic N) is 4. The highest BCUT2D eigenvalue weighted by atomic mass is 16.2. The van der Waals surface area contributed by atoms with E-state index in [2.05, 4.69) is 29.0 Å². The van der Waals surface area contributed by atoms with E-state index >= 15 is 0 Å². The van der Waals surface area contributed by atoms with Crippen molar-refractivity contribution in [1.29, 1.82) is 0 Å². The lowest BCUT2D eigenvalue weighted by molar-refractivity contribution is 0.634. The molecule has 0 bridgehead atoms. The molecule has 0 unspecified atom stereocenters. The number of unbranched alkanes of at least 4 members (excludes halogenated alkanes) is 1. The summed E-state index contributed by atoms with van der Waals surface area (Å²) in [4.78, 5) is 33.3.